The molecule has 0 amide bonds. The van der Waals surface area contributed by atoms with Crippen molar-refractivity contribution >= 4 is 88.2 Å². The van der Waals surface area contributed by atoms with Crippen molar-refractivity contribution in [3.8, 4) is 17.3 Å². The monoisotopic (exact) mass is 854 g/mol. The highest BCUT2D eigenvalue weighted by atomic mass is 16.5. The van der Waals surface area contributed by atoms with Gasteiger partial charge in [-0.2, -0.15) is 0 Å². The molecule has 320 valence electrons. The summed E-state index contributed by atoms with van der Waals surface area (Å²) in [4.78, 5) is 9.20. The maximum absolute atomic E-state index is 9.02. The summed E-state index contributed by atoms with van der Waals surface area (Å²) in [6.07, 6.45) is 1.89. The van der Waals surface area contributed by atoms with E-state index in [4.69, 9.17) is 17.9 Å². The molecule has 12 rings (SSSR count). The summed E-state index contributed by atoms with van der Waals surface area (Å²) in [6, 6.07) is 50.3. The van der Waals surface area contributed by atoms with E-state index in [2.05, 4.69) is 129 Å². The number of hydrogen-bond acceptors (Lipinski definition) is 4. The topological polar surface area (TPSA) is 43.4 Å². The average Bonchev–Trinajstić information content (AvgIpc) is 4.07. The van der Waals surface area contributed by atoms with Crippen LogP contribution in [0.3, 0.4) is 0 Å². The van der Waals surface area contributed by atoms with E-state index in [-0.39, 0.29) is 17.5 Å². The Balaban J connectivity index is 1.05. The molecule has 0 radical (unpaired) electrons. The molecule has 0 aliphatic carbocycles. The van der Waals surface area contributed by atoms with Crippen LogP contribution in [-0.4, -0.2) is 25.4 Å². The van der Waals surface area contributed by atoms with Crippen molar-refractivity contribution in [2.75, 3.05) is 16.5 Å². The summed E-state index contributed by atoms with van der Waals surface area (Å²) in [5, 5.41) is 5.20. The lowest BCUT2D eigenvalue weighted by molar-refractivity contribution is 0.479. The molecule has 1 aliphatic rings. The molecular weight excluding hydrogens is 797 g/mol. The van der Waals surface area contributed by atoms with Crippen molar-refractivity contribution in [3.05, 3.63) is 169 Å². The van der Waals surface area contributed by atoms with E-state index in [0.717, 1.165) is 71.8 Å². The summed E-state index contributed by atoms with van der Waals surface area (Å²) < 4.78 is 66.1. The lowest BCUT2D eigenvalue weighted by atomic mass is 9.86. The van der Waals surface area contributed by atoms with Gasteiger partial charge in [0.15, 0.2) is 0 Å². The van der Waals surface area contributed by atoms with Gasteiger partial charge in [0.2, 0.25) is 0 Å². The van der Waals surface area contributed by atoms with Crippen LogP contribution in [0.25, 0.3) is 71.2 Å². The highest BCUT2D eigenvalue weighted by Gasteiger charge is 2.34. The van der Waals surface area contributed by atoms with Gasteiger partial charge in [0.1, 0.15) is 24.0 Å². The number of para-hydroxylation sites is 5. The predicted molar refractivity (Wildman–Crippen MR) is 272 cm³/mol. The minimum atomic E-state index is -2.61. The largest absolute Gasteiger partial charge is 0.457 e. The number of aromatic nitrogens is 4. The van der Waals surface area contributed by atoms with Gasteiger partial charge in [0.25, 0.3) is 0 Å². The zero-order valence-corrected chi connectivity index (χ0v) is 37.3. The van der Waals surface area contributed by atoms with Gasteiger partial charge in [-0.3, -0.25) is 4.57 Å². The second-order valence-electron chi connectivity index (χ2n) is 19.5. The summed E-state index contributed by atoms with van der Waals surface area (Å²) >= 11 is 0. The van der Waals surface area contributed by atoms with Crippen LogP contribution in [-0.2, 0) is 24.8 Å². The number of aryl methyl sites for hydroxylation is 2. The highest BCUT2D eigenvalue weighted by Crippen LogP contribution is 2.52. The van der Waals surface area contributed by atoms with Crippen LogP contribution in [0.1, 0.15) is 60.9 Å². The van der Waals surface area contributed by atoms with Gasteiger partial charge in [0, 0.05) is 89.5 Å². The SMILES string of the molecule is [2H]C([2H])([2H])n1c2ccccc2c2cc3c4ccccc4n(C([2H])([2H])[2H])c3c(N3CN(c4cc(Oc5ccc6c7ccccc7n(-c7cc(C(C)(C)C)ccn7)c6c5)cc(C(C)(C)C)c4)c4ccccc43)c21. The fraction of sp³-hybridized carbons (Fsp3) is 0.190. The van der Waals surface area contributed by atoms with Gasteiger partial charge in [-0.25, -0.2) is 4.98 Å². The van der Waals surface area contributed by atoms with Crippen LogP contribution in [0.4, 0.5) is 22.7 Å². The predicted octanol–water partition coefficient (Wildman–Crippen LogP) is 15.1. The summed E-state index contributed by atoms with van der Waals surface area (Å²) in [6.45, 7) is 8.18. The Bertz CT molecular complexity index is 3870. The molecule has 5 heterocycles. The number of anilines is 4. The van der Waals surface area contributed by atoms with Crippen molar-refractivity contribution in [3.63, 3.8) is 0 Å². The first-order valence-electron chi connectivity index (χ1n) is 25.2. The molecule has 0 fully saturated rings. The molecule has 7 heteroatoms. The Morgan fingerprint density at radius 3 is 1.69 bits per heavy atom. The van der Waals surface area contributed by atoms with E-state index in [9.17, 15) is 0 Å². The van der Waals surface area contributed by atoms with Crippen molar-refractivity contribution in [1.82, 2.24) is 18.7 Å². The minimum absolute atomic E-state index is 0.0670. The van der Waals surface area contributed by atoms with Crippen molar-refractivity contribution in [2.45, 2.75) is 52.4 Å². The molecule has 0 N–H and O–H groups in total. The van der Waals surface area contributed by atoms with Crippen LogP contribution in [0.15, 0.2) is 158 Å². The summed E-state index contributed by atoms with van der Waals surface area (Å²) in [5.74, 6) is 2.15. The molecule has 0 bridgehead atoms. The van der Waals surface area contributed by atoms with E-state index in [1.807, 2.05) is 85.1 Å². The standard InChI is InChI=1S/C58H52N6O/c1-57(2,3)36-27-28-59-53(31-36)64-49-22-14-11-17-41(49)44-26-25-39(33-52(44)64)65-40-30-37(58(4,5)6)29-38(32-40)62-35-63(51-24-16-15-23-50(51)62)56-54-45(42-18-9-12-20-47(42)60(54)7)34-46-43-19-10-13-21-48(43)61(8)55(46)56/h9-34H,35H2,1-8H3/i7D3,8D3. The van der Waals surface area contributed by atoms with E-state index in [0.29, 0.717) is 39.3 Å². The molecule has 0 atom stereocenters. The molecule has 7 aromatic carbocycles. The fourth-order valence-electron chi connectivity index (χ4n) is 10.1. The highest BCUT2D eigenvalue weighted by molar-refractivity contribution is 6.25. The van der Waals surface area contributed by atoms with E-state index < -0.39 is 14.0 Å². The maximum atomic E-state index is 9.02. The summed E-state index contributed by atoms with van der Waals surface area (Å²) in [5.41, 5.74) is 8.90. The van der Waals surface area contributed by atoms with Gasteiger partial charge < -0.3 is 23.7 Å². The first kappa shape index (κ1) is 33.1. The zero-order valence-electron chi connectivity index (χ0n) is 43.3. The number of nitrogens with zero attached hydrogens (tertiary/aromatic N) is 6. The van der Waals surface area contributed by atoms with E-state index >= 15 is 0 Å². The van der Waals surface area contributed by atoms with Crippen LogP contribution in [0.5, 0.6) is 11.5 Å². The molecular formula is C58H52N6O. The number of rotatable bonds is 5. The van der Waals surface area contributed by atoms with Gasteiger partial charge in [-0.15, -0.1) is 0 Å². The molecule has 0 unspecified atom stereocenters. The van der Waals surface area contributed by atoms with Gasteiger partial charge >= 0.3 is 0 Å². The minimum Gasteiger partial charge on any atom is -0.457 e. The first-order chi connectivity index (χ1) is 33.8. The normalized spacial score (nSPS) is 15.2. The molecule has 11 aromatic rings. The van der Waals surface area contributed by atoms with Gasteiger partial charge in [-0.05, 0) is 94.8 Å². The molecule has 7 nitrogen and oxygen atoms in total. The Hall–Kier alpha value is -7.51. The quantitative estimate of drug-likeness (QED) is 0.173. The second kappa shape index (κ2) is 14.0. The lowest BCUT2D eigenvalue weighted by Crippen LogP contribution is -2.25. The van der Waals surface area contributed by atoms with E-state index in [1.165, 1.54) is 14.7 Å². The maximum Gasteiger partial charge on any atom is 0.137 e. The molecule has 0 saturated carbocycles. The van der Waals surface area contributed by atoms with Crippen molar-refractivity contribution < 1.29 is 13.0 Å². The number of fused-ring (bicyclic) bond motifs is 10. The Labute approximate surface area is 387 Å². The van der Waals surface area contributed by atoms with Crippen molar-refractivity contribution in [2.24, 2.45) is 14.0 Å². The van der Waals surface area contributed by atoms with E-state index in [1.54, 1.807) is 0 Å². The average molecular weight is 855 g/mol. The van der Waals surface area contributed by atoms with Gasteiger partial charge in [0.05, 0.1) is 39.1 Å². The van der Waals surface area contributed by atoms with Crippen LogP contribution in [0, 0.1) is 0 Å². The van der Waals surface area contributed by atoms with Crippen molar-refractivity contribution in [1.29, 1.82) is 0 Å². The van der Waals surface area contributed by atoms with Crippen LogP contribution < -0.4 is 14.5 Å². The Morgan fingerprint density at radius 2 is 1.06 bits per heavy atom. The summed E-state index contributed by atoms with van der Waals surface area (Å²) in [7, 11) is 0. The molecule has 0 saturated heterocycles. The number of hydrogen-bond donors (Lipinski definition) is 0. The second-order valence-corrected chi connectivity index (χ2v) is 19.5. The number of pyridine rings is 1. The Morgan fingerprint density at radius 1 is 0.492 bits per heavy atom. The van der Waals surface area contributed by atoms with Gasteiger partial charge in [-0.1, -0.05) is 108 Å². The third kappa shape index (κ3) is 5.98. The molecule has 0 spiro atoms. The molecule has 1 aliphatic heterocycles. The third-order valence-electron chi connectivity index (χ3n) is 13.4. The van der Waals surface area contributed by atoms with Crippen LogP contribution >= 0.6 is 0 Å². The first-order valence-corrected chi connectivity index (χ1v) is 22.2. The third-order valence-corrected chi connectivity index (χ3v) is 13.4. The lowest BCUT2D eigenvalue weighted by Gasteiger charge is -2.27. The fourth-order valence-corrected chi connectivity index (χ4v) is 10.1. The molecule has 65 heavy (non-hydrogen) atoms. The smallest absolute Gasteiger partial charge is 0.137 e. The zero-order chi connectivity index (χ0) is 49.5. The van der Waals surface area contributed by atoms with Crippen LogP contribution in [0.2, 0.25) is 0 Å². The number of ether oxygens (including phenoxy) is 1. The number of benzene rings is 7. The molecule has 4 aromatic heterocycles. The Kier molecular flexibility index (Phi) is 7.12.